The molecule has 0 spiro atoms. The van der Waals surface area contributed by atoms with Crippen molar-refractivity contribution in [2.75, 3.05) is 12.4 Å². The van der Waals surface area contributed by atoms with Crippen LogP contribution in [0, 0.1) is 6.92 Å². The van der Waals surface area contributed by atoms with Crippen LogP contribution in [0.4, 0.5) is 5.69 Å². The molecule has 7 heteroatoms. The Hall–Kier alpha value is -3.48. The molecule has 0 aliphatic heterocycles. The van der Waals surface area contributed by atoms with E-state index < -0.39 is 11.7 Å². The molecule has 0 bridgehead atoms. The van der Waals surface area contributed by atoms with E-state index in [1.54, 1.807) is 31.4 Å². The van der Waals surface area contributed by atoms with Crippen molar-refractivity contribution in [2.45, 2.75) is 26.3 Å². The van der Waals surface area contributed by atoms with E-state index in [0.717, 1.165) is 15.8 Å². The van der Waals surface area contributed by atoms with Gasteiger partial charge >= 0.3 is 5.69 Å². The molecule has 0 aliphatic rings. The number of rotatable bonds is 6. The molecule has 1 heterocycles. The van der Waals surface area contributed by atoms with Crippen molar-refractivity contribution in [3.63, 3.8) is 0 Å². The summed E-state index contributed by atoms with van der Waals surface area (Å²) < 4.78 is 6.23. The zero-order chi connectivity index (χ0) is 20.1. The van der Waals surface area contributed by atoms with Gasteiger partial charge in [-0.05, 0) is 37.6 Å². The lowest BCUT2D eigenvalue weighted by Gasteiger charge is -2.16. The van der Waals surface area contributed by atoms with E-state index in [9.17, 15) is 9.59 Å². The predicted octanol–water partition coefficient (Wildman–Crippen LogP) is 3.21. The lowest BCUT2D eigenvalue weighted by Crippen LogP contribution is -2.36. The maximum absolute atomic E-state index is 12.7. The smallest absolute Gasteiger partial charge is 0.365 e. The van der Waals surface area contributed by atoms with E-state index in [4.69, 9.17) is 4.74 Å². The molecule has 28 heavy (non-hydrogen) atoms. The first-order valence-corrected chi connectivity index (χ1v) is 8.99. The van der Waals surface area contributed by atoms with Crippen LogP contribution in [0.15, 0.2) is 59.5 Å². The predicted molar refractivity (Wildman–Crippen MR) is 107 cm³/mol. The lowest BCUT2D eigenvalue weighted by atomic mass is 10.1. The Kier molecular flexibility index (Phi) is 5.84. The van der Waals surface area contributed by atoms with Gasteiger partial charge in [0.1, 0.15) is 11.8 Å². The average molecular weight is 378 g/mol. The first kappa shape index (κ1) is 19.3. The van der Waals surface area contributed by atoms with Crippen molar-refractivity contribution in [2.24, 2.45) is 0 Å². The molecule has 3 aromatic rings. The standard InChI is InChI=1S/C21H22N4O3/c1-4-19(20(26)23-16-9-11-17(28-3)12-10-16)25-21(27)24-18(13-22-25)15-7-5-14(2)6-8-15/h5-13,19H,4H2,1-3H3,(H,23,26). The summed E-state index contributed by atoms with van der Waals surface area (Å²) in [6.07, 6.45) is 1.91. The number of aryl methyl sites for hydroxylation is 1. The van der Waals surface area contributed by atoms with Crippen molar-refractivity contribution in [1.82, 2.24) is 14.8 Å². The Bertz CT molecular complexity index is 1010. The molecular weight excluding hydrogens is 356 g/mol. The van der Waals surface area contributed by atoms with Crippen molar-refractivity contribution in [1.29, 1.82) is 0 Å². The summed E-state index contributed by atoms with van der Waals surface area (Å²) in [5.41, 5.74) is 2.45. The number of methoxy groups -OCH3 is 1. The Morgan fingerprint density at radius 2 is 1.82 bits per heavy atom. The van der Waals surface area contributed by atoms with Crippen molar-refractivity contribution < 1.29 is 9.53 Å². The first-order chi connectivity index (χ1) is 13.5. The summed E-state index contributed by atoms with van der Waals surface area (Å²) >= 11 is 0. The highest BCUT2D eigenvalue weighted by Gasteiger charge is 2.22. The number of carbonyl (C=O) groups excluding carboxylic acids is 1. The van der Waals surface area contributed by atoms with Crippen LogP contribution in [0.1, 0.15) is 24.9 Å². The summed E-state index contributed by atoms with van der Waals surface area (Å²) in [6, 6.07) is 13.9. The van der Waals surface area contributed by atoms with Gasteiger partial charge in [0.25, 0.3) is 0 Å². The fraction of sp³-hybridized carbons (Fsp3) is 0.238. The second-order valence-electron chi connectivity index (χ2n) is 6.38. The van der Waals surface area contributed by atoms with Gasteiger partial charge in [-0.25, -0.2) is 9.48 Å². The Morgan fingerprint density at radius 1 is 1.14 bits per heavy atom. The number of benzene rings is 2. The van der Waals surface area contributed by atoms with E-state index in [-0.39, 0.29) is 5.91 Å². The minimum Gasteiger partial charge on any atom is -0.497 e. The number of hydrogen-bond acceptors (Lipinski definition) is 5. The van der Waals surface area contributed by atoms with Crippen LogP contribution in [0.25, 0.3) is 11.3 Å². The molecule has 1 amide bonds. The molecule has 1 N–H and O–H groups in total. The van der Waals surface area contributed by atoms with Crippen molar-refractivity contribution in [3.05, 3.63) is 70.8 Å². The second kappa shape index (κ2) is 8.47. The molecule has 0 fully saturated rings. The highest BCUT2D eigenvalue weighted by Crippen LogP contribution is 2.18. The third-order valence-corrected chi connectivity index (χ3v) is 4.41. The summed E-state index contributed by atoms with van der Waals surface area (Å²) in [5.74, 6) is 0.367. The number of amides is 1. The number of carbonyl (C=O) groups is 1. The Labute approximate surface area is 163 Å². The summed E-state index contributed by atoms with van der Waals surface area (Å²) in [6.45, 7) is 3.81. The average Bonchev–Trinajstić information content (AvgIpc) is 2.71. The molecule has 0 radical (unpaired) electrons. The molecule has 1 atom stereocenters. The molecule has 0 saturated heterocycles. The lowest BCUT2D eigenvalue weighted by molar-refractivity contribution is -0.119. The van der Waals surface area contributed by atoms with E-state index in [0.29, 0.717) is 23.6 Å². The monoisotopic (exact) mass is 378 g/mol. The SMILES string of the molecule is CCC(C(=O)Nc1ccc(OC)cc1)n1ncc(-c2ccc(C)cc2)nc1=O. The summed E-state index contributed by atoms with van der Waals surface area (Å²) in [4.78, 5) is 29.3. The third-order valence-electron chi connectivity index (χ3n) is 4.41. The molecule has 1 unspecified atom stereocenters. The number of ether oxygens (including phenoxy) is 1. The van der Waals surface area contributed by atoms with E-state index in [1.165, 1.54) is 6.20 Å². The fourth-order valence-electron chi connectivity index (χ4n) is 2.80. The van der Waals surface area contributed by atoms with Crippen LogP contribution in [-0.4, -0.2) is 27.8 Å². The number of anilines is 1. The molecule has 2 aromatic carbocycles. The van der Waals surface area contributed by atoms with Gasteiger partial charge in [-0.1, -0.05) is 36.8 Å². The van der Waals surface area contributed by atoms with Crippen LogP contribution in [0.2, 0.25) is 0 Å². The highest BCUT2D eigenvalue weighted by molar-refractivity contribution is 5.93. The fourth-order valence-corrected chi connectivity index (χ4v) is 2.80. The van der Waals surface area contributed by atoms with Gasteiger partial charge in [0, 0.05) is 11.3 Å². The van der Waals surface area contributed by atoms with Gasteiger partial charge in [-0.3, -0.25) is 4.79 Å². The van der Waals surface area contributed by atoms with Crippen LogP contribution in [0.5, 0.6) is 5.75 Å². The third kappa shape index (κ3) is 4.25. The molecule has 0 aliphatic carbocycles. The van der Waals surface area contributed by atoms with Crippen LogP contribution in [-0.2, 0) is 4.79 Å². The van der Waals surface area contributed by atoms with E-state index >= 15 is 0 Å². The van der Waals surface area contributed by atoms with Crippen LogP contribution >= 0.6 is 0 Å². The highest BCUT2D eigenvalue weighted by atomic mass is 16.5. The van der Waals surface area contributed by atoms with Crippen LogP contribution < -0.4 is 15.7 Å². The van der Waals surface area contributed by atoms with E-state index in [1.807, 2.05) is 38.1 Å². The van der Waals surface area contributed by atoms with E-state index in [2.05, 4.69) is 15.4 Å². The zero-order valence-corrected chi connectivity index (χ0v) is 16.0. The van der Waals surface area contributed by atoms with Gasteiger partial charge in [-0.15, -0.1) is 0 Å². The van der Waals surface area contributed by atoms with Gasteiger partial charge < -0.3 is 10.1 Å². The van der Waals surface area contributed by atoms with Gasteiger partial charge in [0.2, 0.25) is 5.91 Å². The van der Waals surface area contributed by atoms with Crippen molar-refractivity contribution in [3.8, 4) is 17.0 Å². The largest absolute Gasteiger partial charge is 0.497 e. The van der Waals surface area contributed by atoms with Crippen molar-refractivity contribution >= 4 is 11.6 Å². The second-order valence-corrected chi connectivity index (χ2v) is 6.38. The molecule has 0 saturated carbocycles. The van der Waals surface area contributed by atoms with Gasteiger partial charge in [0.15, 0.2) is 0 Å². The zero-order valence-electron chi connectivity index (χ0n) is 16.0. The Morgan fingerprint density at radius 3 is 2.39 bits per heavy atom. The van der Waals surface area contributed by atoms with Crippen LogP contribution in [0.3, 0.4) is 0 Å². The minimum atomic E-state index is -0.755. The topological polar surface area (TPSA) is 86.1 Å². The summed E-state index contributed by atoms with van der Waals surface area (Å²) in [5, 5.41) is 7.00. The number of nitrogens with one attached hydrogen (secondary N) is 1. The molecule has 3 rings (SSSR count). The maximum atomic E-state index is 12.7. The van der Waals surface area contributed by atoms with Gasteiger partial charge in [-0.2, -0.15) is 10.1 Å². The maximum Gasteiger partial charge on any atom is 0.365 e. The molecule has 1 aromatic heterocycles. The number of aromatic nitrogens is 3. The first-order valence-electron chi connectivity index (χ1n) is 8.99. The molecular formula is C21H22N4O3. The Balaban J connectivity index is 1.82. The van der Waals surface area contributed by atoms with Gasteiger partial charge in [0.05, 0.1) is 19.0 Å². The normalized spacial score (nSPS) is 11.7. The number of hydrogen-bond donors (Lipinski definition) is 1. The quantitative estimate of drug-likeness (QED) is 0.712. The summed E-state index contributed by atoms with van der Waals surface area (Å²) in [7, 11) is 1.58. The molecule has 144 valence electrons. The number of nitrogens with zero attached hydrogens (tertiary/aromatic N) is 3. The minimum absolute atomic E-state index is 0.327. The molecule has 7 nitrogen and oxygen atoms in total.